The topological polar surface area (TPSA) is 96.7 Å². The maximum atomic E-state index is 10.2. The molecule has 22 heavy (non-hydrogen) atoms. The minimum Gasteiger partial charge on any atom is -0.389 e. The Bertz CT molecular complexity index is 559. The average molecular weight is 319 g/mol. The number of rotatable bonds is 3. The molecule has 0 aliphatic carbocycles. The standard InChI is InChI=1S/C13H14BN3O4S/c14-22-13-10(18)9(16-17-15)11-8(20-13)6-19-12(21-11)7-4-2-1-3-5-7/h1-5,8-13,18H,6H2/t8?,9?,10?,11-,12?,13+/m0/s1. The number of aliphatic hydroxyl groups is 1. The van der Waals surface area contributed by atoms with E-state index in [0.29, 0.717) is 0 Å². The van der Waals surface area contributed by atoms with Crippen LogP contribution in [-0.2, 0) is 14.2 Å². The summed E-state index contributed by atoms with van der Waals surface area (Å²) in [7, 11) is 5.51. The van der Waals surface area contributed by atoms with Gasteiger partial charge >= 0.3 is 0 Å². The number of azide groups is 1. The molecule has 7 nitrogen and oxygen atoms in total. The van der Waals surface area contributed by atoms with Gasteiger partial charge < -0.3 is 19.3 Å². The van der Waals surface area contributed by atoms with Gasteiger partial charge in [0.15, 0.2) is 13.4 Å². The predicted molar refractivity (Wildman–Crippen MR) is 81.0 cm³/mol. The molecule has 2 saturated heterocycles. The molecule has 2 aliphatic rings. The summed E-state index contributed by atoms with van der Waals surface area (Å²) in [5.41, 5.74) is 8.92. The van der Waals surface area contributed by atoms with Crippen LogP contribution in [0.4, 0.5) is 0 Å². The molecule has 2 heterocycles. The van der Waals surface area contributed by atoms with Crippen molar-refractivity contribution in [2.24, 2.45) is 5.11 Å². The van der Waals surface area contributed by atoms with Crippen molar-refractivity contribution in [3.05, 3.63) is 46.3 Å². The van der Waals surface area contributed by atoms with Gasteiger partial charge in [0.1, 0.15) is 17.6 Å². The maximum Gasteiger partial charge on any atom is 0.184 e. The van der Waals surface area contributed by atoms with E-state index < -0.39 is 36.1 Å². The van der Waals surface area contributed by atoms with E-state index in [1.165, 1.54) is 0 Å². The molecular formula is C13H14BN3O4S. The maximum absolute atomic E-state index is 10.2. The quantitative estimate of drug-likeness (QED) is 0.396. The summed E-state index contributed by atoms with van der Waals surface area (Å²) >= 11 is 0.870. The van der Waals surface area contributed by atoms with Gasteiger partial charge in [-0.15, -0.1) is 0 Å². The molecule has 2 radical (unpaired) electrons. The summed E-state index contributed by atoms with van der Waals surface area (Å²) in [4.78, 5) is 2.81. The number of hydrogen-bond donors (Lipinski definition) is 1. The molecular weight excluding hydrogens is 305 g/mol. The highest BCUT2D eigenvalue weighted by Crippen LogP contribution is 2.37. The van der Waals surface area contributed by atoms with Crippen molar-refractivity contribution in [1.82, 2.24) is 0 Å². The molecule has 2 aliphatic heterocycles. The first-order valence-electron chi connectivity index (χ1n) is 6.80. The van der Waals surface area contributed by atoms with Crippen LogP contribution in [0.1, 0.15) is 11.9 Å². The summed E-state index contributed by atoms with van der Waals surface area (Å²) in [6.07, 6.45) is -2.66. The molecule has 4 unspecified atom stereocenters. The zero-order chi connectivity index (χ0) is 15.5. The predicted octanol–water partition coefficient (Wildman–Crippen LogP) is 1.68. The van der Waals surface area contributed by atoms with E-state index in [-0.39, 0.29) is 6.61 Å². The monoisotopic (exact) mass is 319 g/mol. The van der Waals surface area contributed by atoms with Crippen molar-refractivity contribution in [3.63, 3.8) is 0 Å². The van der Waals surface area contributed by atoms with Crippen molar-refractivity contribution in [2.45, 2.75) is 36.1 Å². The van der Waals surface area contributed by atoms with Crippen molar-refractivity contribution >= 4 is 18.7 Å². The van der Waals surface area contributed by atoms with Gasteiger partial charge in [0.2, 0.25) is 0 Å². The van der Waals surface area contributed by atoms with Crippen LogP contribution in [0.15, 0.2) is 35.4 Å². The second kappa shape index (κ2) is 6.91. The lowest BCUT2D eigenvalue weighted by molar-refractivity contribution is -0.297. The number of ether oxygens (including phenoxy) is 3. The molecule has 0 spiro atoms. The number of aliphatic hydroxyl groups excluding tert-OH is 1. The van der Waals surface area contributed by atoms with Crippen molar-refractivity contribution < 1.29 is 19.3 Å². The highest BCUT2D eigenvalue weighted by Gasteiger charge is 2.48. The minimum absolute atomic E-state index is 0.269. The SMILES string of the molecule is [B]S[C@H]1OC2COC(c3ccccc3)O[C@@H]2C(N=[N+]=[N-])C1O. The summed E-state index contributed by atoms with van der Waals surface area (Å²) in [5.74, 6) is 0. The first-order chi connectivity index (χ1) is 10.7. The third-order valence-corrected chi connectivity index (χ3v) is 4.38. The van der Waals surface area contributed by atoms with Gasteiger partial charge in [-0.05, 0) is 5.53 Å². The van der Waals surface area contributed by atoms with Crippen LogP contribution in [0.2, 0.25) is 0 Å². The van der Waals surface area contributed by atoms with E-state index in [1.807, 2.05) is 30.3 Å². The second-order valence-electron chi connectivity index (χ2n) is 5.04. The van der Waals surface area contributed by atoms with Gasteiger partial charge in [-0.2, -0.15) is 11.6 Å². The summed E-state index contributed by atoms with van der Waals surface area (Å²) in [5, 5.41) is 13.9. The fourth-order valence-electron chi connectivity index (χ4n) is 2.66. The van der Waals surface area contributed by atoms with Gasteiger partial charge in [-0.1, -0.05) is 35.4 Å². The number of nitrogens with zero attached hydrogens (tertiary/aromatic N) is 3. The Labute approximate surface area is 132 Å². The van der Waals surface area contributed by atoms with Crippen LogP contribution < -0.4 is 0 Å². The Morgan fingerprint density at radius 3 is 2.77 bits per heavy atom. The van der Waals surface area contributed by atoms with E-state index in [1.54, 1.807) is 0 Å². The molecule has 6 atom stereocenters. The van der Waals surface area contributed by atoms with Crippen molar-refractivity contribution in [2.75, 3.05) is 6.61 Å². The van der Waals surface area contributed by atoms with Gasteiger partial charge in [0, 0.05) is 10.5 Å². The normalized spacial score (nSPS) is 37.9. The molecule has 0 amide bonds. The molecule has 1 aromatic rings. The van der Waals surface area contributed by atoms with Crippen LogP contribution in [0.5, 0.6) is 0 Å². The summed E-state index contributed by atoms with van der Waals surface area (Å²) in [6.45, 7) is 0.269. The smallest absolute Gasteiger partial charge is 0.184 e. The Morgan fingerprint density at radius 2 is 2.09 bits per heavy atom. The largest absolute Gasteiger partial charge is 0.389 e. The number of benzene rings is 1. The highest BCUT2D eigenvalue weighted by molar-refractivity contribution is 8.20. The van der Waals surface area contributed by atoms with Gasteiger partial charge in [-0.25, -0.2) is 0 Å². The Kier molecular flexibility index (Phi) is 4.92. The molecule has 2 fully saturated rings. The molecule has 1 N–H and O–H groups in total. The van der Waals surface area contributed by atoms with Crippen LogP contribution in [-0.4, -0.2) is 48.6 Å². The molecule has 9 heteroatoms. The Hall–Kier alpha value is -1.22. The number of fused-ring (bicyclic) bond motifs is 1. The van der Waals surface area contributed by atoms with Crippen LogP contribution >= 0.6 is 11.6 Å². The fraction of sp³-hybridized carbons (Fsp3) is 0.538. The van der Waals surface area contributed by atoms with Gasteiger partial charge in [0.25, 0.3) is 0 Å². The lowest BCUT2D eigenvalue weighted by Gasteiger charge is -2.46. The Balaban J connectivity index is 1.82. The van der Waals surface area contributed by atoms with E-state index in [9.17, 15) is 5.11 Å². The van der Waals surface area contributed by atoms with E-state index in [2.05, 4.69) is 10.0 Å². The highest BCUT2D eigenvalue weighted by atomic mass is 32.2. The lowest BCUT2D eigenvalue weighted by atomic mass is 9.97. The zero-order valence-corrected chi connectivity index (χ0v) is 12.4. The average Bonchev–Trinajstić information content (AvgIpc) is 2.57. The molecule has 3 rings (SSSR count). The van der Waals surface area contributed by atoms with E-state index >= 15 is 0 Å². The van der Waals surface area contributed by atoms with Crippen LogP contribution in [0, 0.1) is 0 Å². The van der Waals surface area contributed by atoms with Gasteiger partial charge in [0.05, 0.1) is 18.8 Å². The van der Waals surface area contributed by atoms with Crippen molar-refractivity contribution in [3.8, 4) is 0 Å². The van der Waals surface area contributed by atoms with E-state index in [4.69, 9.17) is 26.9 Å². The molecule has 0 aromatic heterocycles. The molecule has 0 bridgehead atoms. The molecule has 0 saturated carbocycles. The van der Waals surface area contributed by atoms with E-state index in [0.717, 1.165) is 17.2 Å². The first-order valence-corrected chi connectivity index (χ1v) is 7.74. The lowest BCUT2D eigenvalue weighted by Crippen LogP contribution is -2.60. The number of hydrogen-bond acceptors (Lipinski definition) is 6. The van der Waals surface area contributed by atoms with Crippen molar-refractivity contribution in [1.29, 1.82) is 0 Å². The fourth-order valence-corrected chi connectivity index (χ4v) is 3.19. The minimum atomic E-state index is -1.04. The molecule has 114 valence electrons. The van der Waals surface area contributed by atoms with Crippen LogP contribution in [0.3, 0.4) is 0 Å². The third kappa shape index (κ3) is 2.96. The second-order valence-corrected chi connectivity index (χ2v) is 5.78. The zero-order valence-electron chi connectivity index (χ0n) is 11.6. The first kappa shape index (κ1) is 15.7. The molecule has 1 aromatic carbocycles. The summed E-state index contributed by atoms with van der Waals surface area (Å²) in [6, 6.07) is 8.64. The summed E-state index contributed by atoms with van der Waals surface area (Å²) < 4.78 is 17.2. The Morgan fingerprint density at radius 1 is 1.32 bits per heavy atom. The third-order valence-electron chi connectivity index (χ3n) is 3.72. The van der Waals surface area contributed by atoms with Crippen LogP contribution in [0.25, 0.3) is 10.4 Å². The van der Waals surface area contributed by atoms with Gasteiger partial charge in [-0.3, -0.25) is 0 Å².